The van der Waals surface area contributed by atoms with Crippen LogP contribution < -0.4 is 15.0 Å². The highest BCUT2D eigenvalue weighted by atomic mass is 16.5. The molecule has 1 saturated heterocycles. The SMILES string of the molecule is COc1ccc(C2CCCN2C(=O)CCc2c(C)[nH]c(=O)c(C#N)c2C)c(OC)c1. The van der Waals surface area contributed by atoms with E-state index in [1.54, 1.807) is 28.1 Å². The average Bonchev–Trinajstić information content (AvgIpc) is 3.22. The second kappa shape index (κ2) is 9.04. The van der Waals surface area contributed by atoms with Gasteiger partial charge < -0.3 is 19.4 Å². The standard InChI is InChI=1S/C23H27N3O4/c1-14-17(15(2)25-23(28)19(14)13-24)9-10-22(27)26-11-5-6-20(26)18-8-7-16(29-3)12-21(18)30-4/h7-8,12,20H,5-6,9-11H2,1-4H3,(H,25,28). The number of nitriles is 1. The van der Waals surface area contributed by atoms with E-state index in [4.69, 9.17) is 9.47 Å². The van der Waals surface area contributed by atoms with Crippen molar-refractivity contribution in [1.29, 1.82) is 5.26 Å². The molecule has 1 unspecified atom stereocenters. The number of aromatic amines is 1. The van der Waals surface area contributed by atoms with Crippen LogP contribution in [0.3, 0.4) is 0 Å². The largest absolute Gasteiger partial charge is 0.497 e. The predicted octanol–water partition coefficient (Wildman–Crippen LogP) is 3.18. The topological polar surface area (TPSA) is 95.4 Å². The van der Waals surface area contributed by atoms with Crippen molar-refractivity contribution in [2.75, 3.05) is 20.8 Å². The Labute approximate surface area is 176 Å². The maximum Gasteiger partial charge on any atom is 0.266 e. The lowest BCUT2D eigenvalue weighted by Gasteiger charge is -2.27. The lowest BCUT2D eigenvalue weighted by Crippen LogP contribution is -2.31. The fraction of sp³-hybridized carbons (Fsp3) is 0.435. The molecule has 30 heavy (non-hydrogen) atoms. The molecule has 1 aliphatic heterocycles. The summed E-state index contributed by atoms with van der Waals surface area (Å²) in [5.74, 6) is 1.48. The number of hydrogen-bond acceptors (Lipinski definition) is 5. The summed E-state index contributed by atoms with van der Waals surface area (Å²) in [6, 6.07) is 7.61. The first-order valence-electron chi connectivity index (χ1n) is 10.0. The monoisotopic (exact) mass is 409 g/mol. The van der Waals surface area contributed by atoms with Gasteiger partial charge >= 0.3 is 0 Å². The van der Waals surface area contributed by atoms with Crippen LogP contribution in [0.1, 0.15) is 53.3 Å². The van der Waals surface area contributed by atoms with E-state index in [1.807, 2.05) is 29.2 Å². The first-order valence-corrected chi connectivity index (χ1v) is 10.0. The van der Waals surface area contributed by atoms with E-state index in [0.29, 0.717) is 42.1 Å². The van der Waals surface area contributed by atoms with Gasteiger partial charge in [-0.3, -0.25) is 9.59 Å². The summed E-state index contributed by atoms with van der Waals surface area (Å²) < 4.78 is 10.8. The van der Waals surface area contributed by atoms with Gasteiger partial charge in [-0.15, -0.1) is 0 Å². The summed E-state index contributed by atoms with van der Waals surface area (Å²) in [6.07, 6.45) is 2.60. The summed E-state index contributed by atoms with van der Waals surface area (Å²) in [5, 5.41) is 9.25. The number of hydrogen-bond donors (Lipinski definition) is 1. The predicted molar refractivity (Wildman–Crippen MR) is 113 cm³/mol. The number of pyridine rings is 1. The quantitative estimate of drug-likeness (QED) is 0.791. The van der Waals surface area contributed by atoms with Crippen molar-refractivity contribution in [2.24, 2.45) is 0 Å². The summed E-state index contributed by atoms with van der Waals surface area (Å²) in [7, 11) is 3.23. The van der Waals surface area contributed by atoms with E-state index in [9.17, 15) is 14.9 Å². The molecule has 1 amide bonds. The molecule has 7 nitrogen and oxygen atoms in total. The maximum atomic E-state index is 13.1. The Morgan fingerprint density at radius 1 is 1.30 bits per heavy atom. The molecule has 7 heteroatoms. The van der Waals surface area contributed by atoms with Gasteiger partial charge in [0.2, 0.25) is 5.91 Å². The molecule has 1 atom stereocenters. The van der Waals surface area contributed by atoms with E-state index in [1.165, 1.54) is 0 Å². The second-order valence-electron chi connectivity index (χ2n) is 7.52. The first kappa shape index (κ1) is 21.4. The third-order valence-corrected chi connectivity index (χ3v) is 5.88. The molecule has 3 rings (SSSR count). The second-order valence-corrected chi connectivity index (χ2v) is 7.52. The van der Waals surface area contributed by atoms with E-state index in [0.717, 1.165) is 24.0 Å². The molecule has 2 heterocycles. The third-order valence-electron chi connectivity index (χ3n) is 5.88. The van der Waals surface area contributed by atoms with E-state index < -0.39 is 0 Å². The van der Waals surface area contributed by atoms with Gasteiger partial charge in [-0.2, -0.15) is 5.26 Å². The number of aromatic nitrogens is 1. The molecule has 1 aromatic heterocycles. The van der Waals surface area contributed by atoms with Crippen molar-refractivity contribution < 1.29 is 14.3 Å². The molecule has 0 spiro atoms. The van der Waals surface area contributed by atoms with Crippen molar-refractivity contribution >= 4 is 5.91 Å². The van der Waals surface area contributed by atoms with Crippen LogP contribution in [0.5, 0.6) is 11.5 Å². The molecule has 1 N–H and O–H groups in total. The van der Waals surface area contributed by atoms with Gasteiger partial charge in [0.15, 0.2) is 0 Å². The highest BCUT2D eigenvalue weighted by Crippen LogP contribution is 2.39. The number of amides is 1. The Kier molecular flexibility index (Phi) is 6.46. The maximum absolute atomic E-state index is 13.1. The summed E-state index contributed by atoms with van der Waals surface area (Å²) >= 11 is 0. The van der Waals surface area contributed by atoms with Crippen LogP contribution in [0.4, 0.5) is 0 Å². The van der Waals surface area contributed by atoms with Gasteiger partial charge in [0, 0.05) is 30.3 Å². The lowest BCUT2D eigenvalue weighted by molar-refractivity contribution is -0.132. The number of carbonyl (C=O) groups is 1. The smallest absolute Gasteiger partial charge is 0.266 e. The number of carbonyl (C=O) groups excluding carboxylic acids is 1. The van der Waals surface area contributed by atoms with Gasteiger partial charge in [-0.1, -0.05) is 0 Å². The van der Waals surface area contributed by atoms with E-state index in [2.05, 4.69) is 4.98 Å². The number of nitrogens with zero attached hydrogens (tertiary/aromatic N) is 2. The molecular formula is C23H27N3O4. The molecule has 0 radical (unpaired) electrons. The Morgan fingerprint density at radius 2 is 2.07 bits per heavy atom. The number of likely N-dealkylation sites (tertiary alicyclic amines) is 1. The van der Waals surface area contributed by atoms with Gasteiger partial charge in [0.25, 0.3) is 5.56 Å². The number of nitrogens with one attached hydrogen (secondary N) is 1. The molecule has 0 aliphatic carbocycles. The number of methoxy groups -OCH3 is 2. The van der Waals surface area contributed by atoms with E-state index in [-0.39, 0.29) is 23.1 Å². The van der Waals surface area contributed by atoms with Crippen molar-refractivity contribution in [3.05, 3.63) is 56.5 Å². The third kappa shape index (κ3) is 4.04. The van der Waals surface area contributed by atoms with Gasteiger partial charge in [-0.05, 0) is 56.4 Å². The number of rotatable bonds is 6. The Hall–Kier alpha value is -3.27. The number of H-pyrrole nitrogens is 1. The van der Waals surface area contributed by atoms with Crippen molar-refractivity contribution in [3.8, 4) is 17.6 Å². The minimum absolute atomic E-state index is 0.0363. The number of benzene rings is 1. The number of ether oxygens (including phenoxy) is 2. The molecule has 1 aromatic carbocycles. The van der Waals surface area contributed by atoms with Crippen LogP contribution in [0.15, 0.2) is 23.0 Å². The minimum atomic E-state index is -0.381. The van der Waals surface area contributed by atoms with Crippen LogP contribution in [0, 0.1) is 25.2 Å². The lowest BCUT2D eigenvalue weighted by atomic mass is 9.98. The first-order chi connectivity index (χ1) is 14.4. The molecule has 1 fully saturated rings. The normalized spacial score (nSPS) is 15.7. The highest BCUT2D eigenvalue weighted by molar-refractivity contribution is 5.77. The highest BCUT2D eigenvalue weighted by Gasteiger charge is 2.32. The molecule has 0 saturated carbocycles. The molecule has 2 aromatic rings. The number of aryl methyl sites for hydroxylation is 1. The fourth-order valence-corrected chi connectivity index (χ4v) is 4.28. The fourth-order valence-electron chi connectivity index (χ4n) is 4.28. The molecule has 1 aliphatic rings. The van der Waals surface area contributed by atoms with Crippen LogP contribution >= 0.6 is 0 Å². The Bertz CT molecular complexity index is 1050. The Morgan fingerprint density at radius 3 is 2.73 bits per heavy atom. The van der Waals surface area contributed by atoms with Gasteiger partial charge in [-0.25, -0.2) is 0 Å². The summed E-state index contributed by atoms with van der Waals surface area (Å²) in [4.78, 5) is 29.6. The summed E-state index contributed by atoms with van der Waals surface area (Å²) in [5.41, 5.74) is 2.93. The van der Waals surface area contributed by atoms with Crippen molar-refractivity contribution in [3.63, 3.8) is 0 Å². The molecule has 0 bridgehead atoms. The van der Waals surface area contributed by atoms with E-state index >= 15 is 0 Å². The van der Waals surface area contributed by atoms with Crippen LogP contribution in [0.2, 0.25) is 0 Å². The zero-order valence-corrected chi connectivity index (χ0v) is 17.9. The zero-order chi connectivity index (χ0) is 21.8. The van der Waals surface area contributed by atoms with Gasteiger partial charge in [0.05, 0.1) is 20.3 Å². The Balaban J connectivity index is 1.80. The molecule has 158 valence electrons. The van der Waals surface area contributed by atoms with Gasteiger partial charge in [0.1, 0.15) is 23.1 Å². The zero-order valence-electron chi connectivity index (χ0n) is 17.9. The van der Waals surface area contributed by atoms with Crippen molar-refractivity contribution in [2.45, 2.75) is 45.6 Å². The van der Waals surface area contributed by atoms with Crippen molar-refractivity contribution in [1.82, 2.24) is 9.88 Å². The summed E-state index contributed by atoms with van der Waals surface area (Å²) in [6.45, 7) is 4.27. The minimum Gasteiger partial charge on any atom is -0.497 e. The van der Waals surface area contributed by atoms with Crippen LogP contribution in [-0.4, -0.2) is 36.6 Å². The molecular weight excluding hydrogens is 382 g/mol. The average molecular weight is 409 g/mol. The van der Waals surface area contributed by atoms with Crippen LogP contribution in [0.25, 0.3) is 0 Å². The van der Waals surface area contributed by atoms with Crippen LogP contribution in [-0.2, 0) is 11.2 Å².